The van der Waals surface area contributed by atoms with E-state index < -0.39 is 22.5 Å². The van der Waals surface area contributed by atoms with Crippen molar-refractivity contribution in [1.82, 2.24) is 0 Å². The molecular formula is C10H12FNO5S. The fraction of sp³-hybridized carbons (Fsp3) is 0.300. The van der Waals surface area contributed by atoms with Crippen molar-refractivity contribution in [3.8, 4) is 5.75 Å². The Morgan fingerprint density at radius 1 is 1.50 bits per heavy atom. The van der Waals surface area contributed by atoms with E-state index in [9.17, 15) is 17.1 Å². The number of benzene rings is 1. The zero-order valence-corrected chi connectivity index (χ0v) is 10.3. The molecule has 0 unspecified atom stereocenters. The molecule has 0 bridgehead atoms. The summed E-state index contributed by atoms with van der Waals surface area (Å²) in [5.41, 5.74) is 6.05. The van der Waals surface area contributed by atoms with Crippen molar-refractivity contribution < 1.29 is 26.0 Å². The van der Waals surface area contributed by atoms with E-state index in [0.717, 1.165) is 0 Å². The number of halogens is 1. The Labute approximate surface area is 104 Å². The van der Waals surface area contributed by atoms with Gasteiger partial charge in [0.25, 0.3) is 0 Å². The number of ether oxygens (including phenoxy) is 1. The minimum Gasteiger partial charge on any atom is -0.468 e. The SMILES string of the molecule is COC(=O)[C@@H](N)Cc1cccc(OS(=O)(=O)F)c1. The van der Waals surface area contributed by atoms with Crippen LogP contribution in [0.2, 0.25) is 0 Å². The molecule has 1 atom stereocenters. The van der Waals surface area contributed by atoms with Gasteiger partial charge < -0.3 is 14.7 Å². The van der Waals surface area contributed by atoms with Crippen molar-refractivity contribution in [2.75, 3.05) is 7.11 Å². The molecule has 6 nitrogen and oxygen atoms in total. The van der Waals surface area contributed by atoms with Crippen LogP contribution in [0.4, 0.5) is 3.89 Å². The van der Waals surface area contributed by atoms with Gasteiger partial charge >= 0.3 is 16.5 Å². The number of rotatable bonds is 5. The van der Waals surface area contributed by atoms with Crippen LogP contribution in [0.15, 0.2) is 24.3 Å². The predicted molar refractivity (Wildman–Crippen MR) is 60.8 cm³/mol. The van der Waals surface area contributed by atoms with E-state index in [1.54, 1.807) is 6.07 Å². The summed E-state index contributed by atoms with van der Waals surface area (Å²) in [4.78, 5) is 11.1. The zero-order chi connectivity index (χ0) is 13.8. The summed E-state index contributed by atoms with van der Waals surface area (Å²) < 4.78 is 41.4. The second-order valence-corrected chi connectivity index (χ2v) is 4.41. The van der Waals surface area contributed by atoms with Gasteiger partial charge in [0.1, 0.15) is 11.8 Å². The van der Waals surface area contributed by atoms with Crippen LogP contribution in [-0.2, 0) is 26.5 Å². The first-order valence-electron chi connectivity index (χ1n) is 4.88. The number of carbonyl (C=O) groups is 1. The van der Waals surface area contributed by atoms with Gasteiger partial charge in [-0.2, -0.15) is 8.42 Å². The molecule has 0 saturated heterocycles. The van der Waals surface area contributed by atoms with Crippen LogP contribution in [0, 0.1) is 0 Å². The topological polar surface area (TPSA) is 95.7 Å². The number of nitrogens with two attached hydrogens (primary N) is 1. The van der Waals surface area contributed by atoms with Gasteiger partial charge in [-0.15, -0.1) is 0 Å². The minimum atomic E-state index is -5.07. The highest BCUT2D eigenvalue weighted by atomic mass is 32.3. The van der Waals surface area contributed by atoms with Crippen LogP contribution in [0.1, 0.15) is 5.56 Å². The fourth-order valence-corrected chi connectivity index (χ4v) is 1.66. The molecule has 1 aromatic carbocycles. The van der Waals surface area contributed by atoms with E-state index in [-0.39, 0.29) is 12.2 Å². The van der Waals surface area contributed by atoms with Crippen molar-refractivity contribution in [3.63, 3.8) is 0 Å². The van der Waals surface area contributed by atoms with Crippen molar-refractivity contribution in [2.24, 2.45) is 5.73 Å². The number of hydrogen-bond donors (Lipinski definition) is 1. The third-order valence-electron chi connectivity index (χ3n) is 2.05. The fourth-order valence-electron chi connectivity index (χ4n) is 1.33. The number of carbonyl (C=O) groups excluding carboxylic acids is 1. The number of esters is 1. The van der Waals surface area contributed by atoms with Crippen LogP contribution in [0.5, 0.6) is 5.75 Å². The Kier molecular flexibility index (Phi) is 4.62. The van der Waals surface area contributed by atoms with Crippen molar-refractivity contribution in [1.29, 1.82) is 0 Å². The lowest BCUT2D eigenvalue weighted by Gasteiger charge is -2.09. The Balaban J connectivity index is 2.80. The Bertz CT molecular complexity index is 531. The molecule has 1 rings (SSSR count). The van der Waals surface area contributed by atoms with Crippen LogP contribution < -0.4 is 9.92 Å². The molecule has 0 spiro atoms. The van der Waals surface area contributed by atoms with E-state index in [4.69, 9.17) is 5.73 Å². The van der Waals surface area contributed by atoms with Crippen molar-refractivity contribution >= 4 is 16.5 Å². The summed E-state index contributed by atoms with van der Waals surface area (Å²) in [6, 6.07) is 4.72. The monoisotopic (exact) mass is 277 g/mol. The van der Waals surface area contributed by atoms with Crippen LogP contribution in [0.25, 0.3) is 0 Å². The largest absolute Gasteiger partial charge is 0.488 e. The molecular weight excluding hydrogens is 265 g/mol. The lowest BCUT2D eigenvalue weighted by molar-refractivity contribution is -0.142. The maximum Gasteiger partial charge on any atom is 0.488 e. The molecule has 2 N–H and O–H groups in total. The minimum absolute atomic E-state index is 0.121. The van der Waals surface area contributed by atoms with Crippen LogP contribution in [-0.4, -0.2) is 27.5 Å². The summed E-state index contributed by atoms with van der Waals surface area (Å²) in [5.74, 6) is -0.786. The van der Waals surface area contributed by atoms with E-state index in [1.165, 1.54) is 25.3 Å². The summed E-state index contributed by atoms with van der Waals surface area (Å²) in [6.07, 6.45) is 0.121. The zero-order valence-electron chi connectivity index (χ0n) is 9.50. The van der Waals surface area contributed by atoms with Crippen LogP contribution in [0.3, 0.4) is 0 Å². The lowest BCUT2D eigenvalue weighted by Crippen LogP contribution is -2.33. The van der Waals surface area contributed by atoms with Crippen molar-refractivity contribution in [2.45, 2.75) is 12.5 Å². The predicted octanol–water partition coefficient (Wildman–Crippen LogP) is 0.322. The highest BCUT2D eigenvalue weighted by Crippen LogP contribution is 2.17. The summed E-state index contributed by atoms with van der Waals surface area (Å²) >= 11 is 0. The smallest absolute Gasteiger partial charge is 0.468 e. The Hall–Kier alpha value is -1.67. The molecule has 1 aromatic rings. The van der Waals surface area contributed by atoms with Gasteiger partial charge in [0.05, 0.1) is 7.11 Å². The Morgan fingerprint density at radius 2 is 2.17 bits per heavy atom. The molecule has 8 heteroatoms. The quantitative estimate of drug-likeness (QED) is 0.615. The average molecular weight is 277 g/mol. The van der Waals surface area contributed by atoms with Crippen LogP contribution >= 0.6 is 0 Å². The highest BCUT2D eigenvalue weighted by molar-refractivity contribution is 7.81. The molecule has 0 aromatic heterocycles. The van der Waals surface area contributed by atoms with E-state index in [0.29, 0.717) is 5.56 Å². The summed E-state index contributed by atoms with van der Waals surface area (Å²) in [6.45, 7) is 0. The lowest BCUT2D eigenvalue weighted by atomic mass is 10.1. The molecule has 0 radical (unpaired) electrons. The number of hydrogen-bond acceptors (Lipinski definition) is 6. The van der Waals surface area contributed by atoms with Crippen molar-refractivity contribution in [3.05, 3.63) is 29.8 Å². The molecule has 18 heavy (non-hydrogen) atoms. The van der Waals surface area contributed by atoms with Gasteiger partial charge in [-0.05, 0) is 24.1 Å². The number of methoxy groups -OCH3 is 1. The summed E-state index contributed by atoms with van der Waals surface area (Å²) in [5, 5.41) is 0. The van der Waals surface area contributed by atoms with Gasteiger partial charge in [-0.25, -0.2) is 0 Å². The Morgan fingerprint density at radius 3 is 2.72 bits per heavy atom. The second-order valence-electron chi connectivity index (χ2n) is 3.46. The normalized spacial score (nSPS) is 12.8. The first-order chi connectivity index (χ1) is 8.31. The standard InChI is InChI=1S/C10H12FNO5S/c1-16-10(13)9(12)6-7-3-2-4-8(5-7)17-18(11,14)15/h2-5,9H,6,12H2,1H3/t9-/m0/s1. The molecule has 0 amide bonds. The molecule has 0 aliphatic rings. The van der Waals surface area contributed by atoms with Gasteiger partial charge in [-0.3, -0.25) is 4.79 Å². The summed E-state index contributed by atoms with van der Waals surface area (Å²) in [7, 11) is -3.86. The highest BCUT2D eigenvalue weighted by Gasteiger charge is 2.15. The van der Waals surface area contributed by atoms with Gasteiger partial charge in [0.2, 0.25) is 0 Å². The third kappa shape index (κ3) is 4.68. The van der Waals surface area contributed by atoms with Gasteiger partial charge in [0.15, 0.2) is 0 Å². The first kappa shape index (κ1) is 14.4. The maximum absolute atomic E-state index is 12.3. The third-order valence-corrected chi connectivity index (χ3v) is 2.45. The average Bonchev–Trinajstić information content (AvgIpc) is 2.26. The molecule has 0 aliphatic carbocycles. The van der Waals surface area contributed by atoms with Gasteiger partial charge in [0, 0.05) is 0 Å². The molecule has 0 fully saturated rings. The second kappa shape index (κ2) is 5.78. The van der Waals surface area contributed by atoms with E-state index in [2.05, 4.69) is 8.92 Å². The molecule has 0 heterocycles. The maximum atomic E-state index is 12.3. The van der Waals surface area contributed by atoms with E-state index in [1.807, 2.05) is 0 Å². The molecule has 100 valence electrons. The van der Waals surface area contributed by atoms with E-state index >= 15 is 0 Å². The molecule has 0 saturated carbocycles. The molecule has 0 aliphatic heterocycles. The first-order valence-corrected chi connectivity index (χ1v) is 6.19. The van der Waals surface area contributed by atoms with Gasteiger partial charge in [-0.1, -0.05) is 16.0 Å².